The maximum Gasteiger partial charge on any atom is 0.315 e. The molecule has 0 aliphatic carbocycles. The van der Waals surface area contributed by atoms with Gasteiger partial charge in [-0.3, -0.25) is 9.59 Å². The minimum absolute atomic E-state index is 0.0351. The number of ether oxygens (including phenoxy) is 1. The lowest BCUT2D eigenvalue weighted by molar-refractivity contribution is -0.139. The van der Waals surface area contributed by atoms with Gasteiger partial charge in [-0.25, -0.2) is 0 Å². The van der Waals surface area contributed by atoms with Crippen molar-refractivity contribution in [3.05, 3.63) is 71.3 Å². The molecule has 0 radical (unpaired) electrons. The van der Waals surface area contributed by atoms with Crippen molar-refractivity contribution in [1.82, 2.24) is 4.90 Å². The Morgan fingerprint density at radius 1 is 1.12 bits per heavy atom. The van der Waals surface area contributed by atoms with Crippen molar-refractivity contribution >= 4 is 23.6 Å². The van der Waals surface area contributed by atoms with E-state index in [-0.39, 0.29) is 23.0 Å². The molecule has 0 saturated heterocycles. The first-order valence-corrected chi connectivity index (χ1v) is 9.46. The van der Waals surface area contributed by atoms with Crippen molar-refractivity contribution in [3.8, 4) is 0 Å². The standard InChI is InChI=1S/C20H21NO3S/c1-2-24-18(22)14-25-20-17-11-7-6-10-16(17)19(23)21(20)13-12-15-8-4-3-5-9-15/h3-11,20H,2,12-14H2,1H3/t20-/m0/s1. The molecule has 0 spiro atoms. The van der Waals surface area contributed by atoms with Gasteiger partial charge in [0.15, 0.2) is 0 Å². The molecule has 0 aromatic heterocycles. The maximum atomic E-state index is 12.8. The van der Waals surface area contributed by atoms with Gasteiger partial charge in [0.05, 0.1) is 12.4 Å². The Hall–Kier alpha value is -2.27. The molecule has 0 fully saturated rings. The van der Waals surface area contributed by atoms with Gasteiger partial charge < -0.3 is 9.64 Å². The summed E-state index contributed by atoms with van der Waals surface area (Å²) in [7, 11) is 0. The van der Waals surface area contributed by atoms with Crippen LogP contribution >= 0.6 is 11.8 Å². The first kappa shape index (κ1) is 17.5. The SMILES string of the molecule is CCOC(=O)CS[C@H]1c2ccccc2C(=O)N1CCc1ccccc1. The fourth-order valence-corrected chi connectivity index (χ4v) is 4.12. The quantitative estimate of drug-likeness (QED) is 0.711. The molecule has 1 amide bonds. The normalized spacial score (nSPS) is 16.0. The third kappa shape index (κ3) is 4.04. The third-order valence-corrected chi connectivity index (χ3v) is 5.38. The van der Waals surface area contributed by atoms with Crippen LogP contribution in [0.4, 0.5) is 0 Å². The van der Waals surface area contributed by atoms with Crippen molar-refractivity contribution in [3.63, 3.8) is 0 Å². The van der Waals surface area contributed by atoms with Crippen molar-refractivity contribution in [1.29, 1.82) is 0 Å². The molecular weight excluding hydrogens is 334 g/mol. The molecule has 4 nitrogen and oxygen atoms in total. The number of carbonyl (C=O) groups excluding carboxylic acids is 2. The Bertz CT molecular complexity index is 748. The summed E-state index contributed by atoms with van der Waals surface area (Å²) in [6, 6.07) is 17.8. The van der Waals surface area contributed by atoms with Gasteiger partial charge in [0.25, 0.3) is 5.91 Å². The van der Waals surface area contributed by atoms with E-state index in [9.17, 15) is 9.59 Å². The lowest BCUT2D eigenvalue weighted by atomic mass is 10.1. The number of fused-ring (bicyclic) bond motifs is 1. The summed E-state index contributed by atoms with van der Waals surface area (Å²) in [5.74, 6) is 0.0299. The number of rotatable bonds is 7. The highest BCUT2D eigenvalue weighted by Crippen LogP contribution is 2.41. The Kier molecular flexibility index (Phi) is 5.76. The highest BCUT2D eigenvalue weighted by atomic mass is 32.2. The van der Waals surface area contributed by atoms with E-state index in [1.165, 1.54) is 17.3 Å². The van der Waals surface area contributed by atoms with Gasteiger partial charge in [-0.15, -0.1) is 11.8 Å². The summed E-state index contributed by atoms with van der Waals surface area (Å²) in [6.07, 6.45) is 0.789. The number of hydrogen-bond donors (Lipinski definition) is 0. The Balaban J connectivity index is 1.74. The highest BCUT2D eigenvalue weighted by Gasteiger charge is 2.36. The van der Waals surface area contributed by atoms with Gasteiger partial charge in [-0.05, 0) is 30.5 Å². The molecule has 1 heterocycles. The summed E-state index contributed by atoms with van der Waals surface area (Å²) in [4.78, 5) is 26.4. The molecule has 0 bridgehead atoms. The summed E-state index contributed by atoms with van der Waals surface area (Å²) < 4.78 is 5.02. The monoisotopic (exact) mass is 355 g/mol. The van der Waals surface area contributed by atoms with Crippen LogP contribution in [0.3, 0.4) is 0 Å². The predicted octanol–water partition coefficient (Wildman–Crippen LogP) is 3.68. The molecule has 1 atom stereocenters. The summed E-state index contributed by atoms with van der Waals surface area (Å²) in [5, 5.41) is -0.142. The molecule has 3 rings (SSSR count). The van der Waals surface area contributed by atoms with Crippen molar-refractivity contribution in [2.24, 2.45) is 0 Å². The second kappa shape index (κ2) is 8.21. The summed E-state index contributed by atoms with van der Waals surface area (Å²) >= 11 is 1.45. The van der Waals surface area contributed by atoms with E-state index >= 15 is 0 Å². The van der Waals surface area contributed by atoms with E-state index < -0.39 is 0 Å². The molecule has 1 aliphatic rings. The number of benzene rings is 2. The lowest BCUT2D eigenvalue weighted by Crippen LogP contribution is -2.29. The molecule has 2 aromatic carbocycles. The van der Waals surface area contributed by atoms with Gasteiger partial charge in [0.1, 0.15) is 5.37 Å². The second-order valence-corrected chi connectivity index (χ2v) is 6.86. The van der Waals surface area contributed by atoms with Crippen LogP contribution in [0, 0.1) is 0 Å². The largest absolute Gasteiger partial charge is 0.465 e. The summed E-state index contributed by atoms with van der Waals surface area (Å²) in [5.41, 5.74) is 2.91. The van der Waals surface area contributed by atoms with Gasteiger partial charge in [0, 0.05) is 12.1 Å². The highest BCUT2D eigenvalue weighted by molar-refractivity contribution is 8.00. The first-order chi connectivity index (χ1) is 12.2. The molecule has 25 heavy (non-hydrogen) atoms. The Morgan fingerprint density at radius 3 is 2.60 bits per heavy atom. The van der Waals surface area contributed by atoms with Gasteiger partial charge >= 0.3 is 5.97 Å². The van der Waals surface area contributed by atoms with Crippen LogP contribution in [0.25, 0.3) is 0 Å². The van der Waals surface area contributed by atoms with Crippen LogP contribution in [0.15, 0.2) is 54.6 Å². The number of carbonyl (C=O) groups is 2. The molecule has 1 aliphatic heterocycles. The zero-order valence-electron chi connectivity index (χ0n) is 14.2. The van der Waals surface area contributed by atoms with E-state index in [2.05, 4.69) is 12.1 Å². The second-order valence-electron chi connectivity index (χ2n) is 5.79. The van der Waals surface area contributed by atoms with Crippen molar-refractivity contribution in [2.75, 3.05) is 18.9 Å². The van der Waals surface area contributed by atoms with Crippen LogP contribution in [-0.4, -0.2) is 35.7 Å². The number of nitrogens with zero attached hydrogens (tertiary/aromatic N) is 1. The number of amides is 1. The average Bonchev–Trinajstić information content (AvgIpc) is 2.91. The van der Waals surface area contributed by atoms with E-state index in [0.29, 0.717) is 13.2 Å². The predicted molar refractivity (Wildman–Crippen MR) is 99.5 cm³/mol. The summed E-state index contributed by atoms with van der Waals surface area (Å²) in [6.45, 7) is 2.79. The van der Waals surface area contributed by atoms with Gasteiger partial charge in [-0.1, -0.05) is 48.5 Å². The van der Waals surface area contributed by atoms with Crippen LogP contribution in [-0.2, 0) is 16.0 Å². The Labute approximate surface area is 152 Å². The number of hydrogen-bond acceptors (Lipinski definition) is 4. The fourth-order valence-electron chi connectivity index (χ4n) is 2.98. The first-order valence-electron chi connectivity index (χ1n) is 8.41. The molecule has 0 saturated carbocycles. The topological polar surface area (TPSA) is 46.6 Å². The van der Waals surface area contributed by atoms with Crippen LogP contribution in [0.1, 0.15) is 33.8 Å². The van der Waals surface area contributed by atoms with Crippen LogP contribution in [0.2, 0.25) is 0 Å². The molecule has 2 aromatic rings. The zero-order valence-corrected chi connectivity index (χ0v) is 15.0. The molecule has 5 heteroatoms. The minimum Gasteiger partial charge on any atom is -0.465 e. The molecule has 130 valence electrons. The molecule has 0 unspecified atom stereocenters. The van der Waals surface area contributed by atoms with Gasteiger partial charge in [0.2, 0.25) is 0 Å². The van der Waals surface area contributed by atoms with Crippen molar-refractivity contribution in [2.45, 2.75) is 18.7 Å². The van der Waals surface area contributed by atoms with Crippen LogP contribution in [0.5, 0.6) is 0 Å². The lowest BCUT2D eigenvalue weighted by Gasteiger charge is -2.24. The number of thioether (sulfide) groups is 1. The van der Waals surface area contributed by atoms with E-state index in [4.69, 9.17) is 4.74 Å². The van der Waals surface area contributed by atoms with Crippen molar-refractivity contribution < 1.29 is 14.3 Å². The van der Waals surface area contributed by atoms with Crippen LogP contribution < -0.4 is 0 Å². The Morgan fingerprint density at radius 2 is 1.84 bits per heavy atom. The average molecular weight is 355 g/mol. The van der Waals surface area contributed by atoms with Gasteiger partial charge in [-0.2, -0.15) is 0 Å². The molecular formula is C20H21NO3S. The van der Waals surface area contributed by atoms with E-state index in [1.54, 1.807) is 6.92 Å². The number of esters is 1. The smallest absolute Gasteiger partial charge is 0.315 e. The fraction of sp³-hybridized carbons (Fsp3) is 0.300. The van der Waals surface area contributed by atoms with E-state index in [0.717, 1.165) is 17.5 Å². The third-order valence-electron chi connectivity index (χ3n) is 4.15. The zero-order chi connectivity index (χ0) is 17.6. The molecule has 0 N–H and O–H groups in total. The van der Waals surface area contributed by atoms with E-state index in [1.807, 2.05) is 47.4 Å². The maximum absolute atomic E-state index is 12.8. The minimum atomic E-state index is -0.243.